The summed E-state index contributed by atoms with van der Waals surface area (Å²) in [7, 11) is -3.47. The quantitative estimate of drug-likeness (QED) is 0.298. The van der Waals surface area contributed by atoms with Gasteiger partial charge in [0.05, 0.1) is 10.1 Å². The third-order valence-corrected chi connectivity index (χ3v) is 10.5. The Kier molecular flexibility index (Phi) is 5.76. The van der Waals surface area contributed by atoms with E-state index in [1.807, 2.05) is 36.4 Å². The molecule has 6 rings (SSSR count). The second kappa shape index (κ2) is 8.80. The lowest BCUT2D eigenvalue weighted by Gasteiger charge is -2.40. The van der Waals surface area contributed by atoms with Crippen molar-refractivity contribution in [1.29, 1.82) is 0 Å². The molecule has 3 aromatic carbocycles. The number of hydrogen-bond acceptors (Lipinski definition) is 5. The molecule has 1 aromatic heterocycles. The van der Waals surface area contributed by atoms with Crippen molar-refractivity contribution in [3.63, 3.8) is 0 Å². The Labute approximate surface area is 223 Å². The topological polar surface area (TPSA) is 89.3 Å². The molecule has 3 atom stereocenters. The molecule has 0 aliphatic heterocycles. The van der Waals surface area contributed by atoms with Crippen molar-refractivity contribution in [3.05, 3.63) is 78.4 Å². The van der Waals surface area contributed by atoms with Gasteiger partial charge in [-0.05, 0) is 103 Å². The first-order valence-electron chi connectivity index (χ1n) is 13.1. The molecule has 0 unspecified atom stereocenters. The van der Waals surface area contributed by atoms with Crippen LogP contribution in [-0.4, -0.2) is 24.6 Å². The highest BCUT2D eigenvalue weighted by Crippen LogP contribution is 2.59. The summed E-state index contributed by atoms with van der Waals surface area (Å²) in [6.45, 7) is 6.75. The summed E-state index contributed by atoms with van der Waals surface area (Å²) in [5.74, 6) is 0.411. The maximum Gasteiger partial charge on any atom is 0.255 e. The molecule has 0 spiro atoms. The van der Waals surface area contributed by atoms with Gasteiger partial charge in [-0.2, -0.15) is 0 Å². The Morgan fingerprint density at radius 3 is 2.34 bits per heavy atom. The Bertz CT molecular complexity index is 1590. The van der Waals surface area contributed by atoms with Crippen molar-refractivity contribution in [1.82, 2.24) is 4.98 Å². The van der Waals surface area contributed by atoms with Crippen molar-refractivity contribution < 1.29 is 17.6 Å². The number of carbonyl (C=O) groups is 1. The summed E-state index contributed by atoms with van der Waals surface area (Å²) in [6, 6.07) is 21.2. The number of para-hydroxylation sites is 2. The fraction of sp³-hybridized carbons (Fsp3) is 0.355. The summed E-state index contributed by atoms with van der Waals surface area (Å²) >= 11 is 0. The molecule has 2 aliphatic carbocycles. The minimum absolute atomic E-state index is 0.0833. The molecule has 1 N–H and O–H groups in total. The molecule has 1 amide bonds. The smallest absolute Gasteiger partial charge is 0.255 e. The van der Waals surface area contributed by atoms with Crippen molar-refractivity contribution in [2.75, 3.05) is 5.32 Å². The van der Waals surface area contributed by atoms with Gasteiger partial charge in [-0.1, -0.05) is 32.9 Å². The normalized spacial score (nSPS) is 24.4. The second-order valence-electron chi connectivity index (χ2n) is 12.2. The highest BCUT2D eigenvalue weighted by Gasteiger charge is 2.54. The zero-order chi connectivity index (χ0) is 26.7. The van der Waals surface area contributed by atoms with Crippen molar-refractivity contribution >= 4 is 32.5 Å². The number of fused-ring (bicyclic) bond motifs is 3. The van der Waals surface area contributed by atoms with E-state index in [-0.39, 0.29) is 27.9 Å². The van der Waals surface area contributed by atoms with E-state index in [4.69, 9.17) is 4.42 Å². The first-order chi connectivity index (χ1) is 18.0. The number of rotatable bonds is 5. The molecule has 196 valence electrons. The van der Waals surface area contributed by atoms with Crippen LogP contribution in [0.1, 0.15) is 56.8 Å². The van der Waals surface area contributed by atoms with Crippen LogP contribution in [0.3, 0.4) is 0 Å². The van der Waals surface area contributed by atoms with E-state index in [2.05, 4.69) is 31.1 Å². The maximum absolute atomic E-state index is 13.6. The second-order valence-corrected chi connectivity index (χ2v) is 14.3. The Hall–Kier alpha value is -3.45. The molecule has 2 aliphatic rings. The average Bonchev–Trinajstić information content (AvgIpc) is 3.42. The van der Waals surface area contributed by atoms with Crippen LogP contribution in [0.15, 0.2) is 82.1 Å². The fourth-order valence-electron chi connectivity index (χ4n) is 7.01. The van der Waals surface area contributed by atoms with Crippen LogP contribution in [0.25, 0.3) is 22.6 Å². The number of oxazole rings is 1. The molecule has 0 saturated heterocycles. The van der Waals surface area contributed by atoms with Crippen molar-refractivity contribution in [3.8, 4) is 11.5 Å². The maximum atomic E-state index is 13.6. The molecule has 2 saturated carbocycles. The van der Waals surface area contributed by atoms with Gasteiger partial charge in [0.1, 0.15) is 5.52 Å². The van der Waals surface area contributed by atoms with E-state index in [1.54, 1.807) is 36.4 Å². The minimum atomic E-state index is -3.47. The van der Waals surface area contributed by atoms with Gasteiger partial charge in [0.25, 0.3) is 5.91 Å². The van der Waals surface area contributed by atoms with Gasteiger partial charge in [0, 0.05) is 16.8 Å². The molecular weight excluding hydrogens is 496 g/mol. The molecule has 38 heavy (non-hydrogen) atoms. The Morgan fingerprint density at radius 2 is 1.63 bits per heavy atom. The highest BCUT2D eigenvalue weighted by atomic mass is 32.2. The number of hydrogen-bond donors (Lipinski definition) is 1. The standard InChI is InChI=1S/C31H32N2O4S/c1-30(2)16-22-17-31(3,19-30)18-27(22)38(35,36)24-14-10-20(11-15-24)28(34)32-23-12-8-21(9-13-23)29-33-25-6-4-5-7-26(25)37-29/h4-15,22,27H,16-19H2,1-3H3,(H,32,34)/t22-,27-,31+/m0/s1. The van der Waals surface area contributed by atoms with Gasteiger partial charge in [-0.25, -0.2) is 13.4 Å². The van der Waals surface area contributed by atoms with Gasteiger partial charge in [-0.15, -0.1) is 0 Å². The van der Waals surface area contributed by atoms with Crippen LogP contribution in [0, 0.1) is 16.7 Å². The predicted octanol–water partition coefficient (Wildman–Crippen LogP) is 7.13. The monoisotopic (exact) mass is 528 g/mol. The van der Waals surface area contributed by atoms with E-state index in [0.717, 1.165) is 35.9 Å². The van der Waals surface area contributed by atoms with Crippen LogP contribution in [0.5, 0.6) is 0 Å². The summed E-state index contributed by atoms with van der Waals surface area (Å²) in [5, 5.41) is 2.53. The highest BCUT2D eigenvalue weighted by molar-refractivity contribution is 7.92. The van der Waals surface area contributed by atoms with Crippen molar-refractivity contribution in [2.24, 2.45) is 16.7 Å². The Morgan fingerprint density at radius 1 is 0.921 bits per heavy atom. The van der Waals surface area contributed by atoms with Crippen LogP contribution >= 0.6 is 0 Å². The number of anilines is 1. The third kappa shape index (κ3) is 4.53. The zero-order valence-corrected chi connectivity index (χ0v) is 22.7. The van der Waals surface area contributed by atoms with Crippen LogP contribution in [-0.2, 0) is 9.84 Å². The molecule has 2 bridgehead atoms. The first-order valence-corrected chi connectivity index (χ1v) is 14.7. The van der Waals surface area contributed by atoms with Gasteiger partial charge in [0.15, 0.2) is 15.4 Å². The molecule has 0 radical (unpaired) electrons. The fourth-order valence-corrected chi connectivity index (χ4v) is 9.20. The lowest BCUT2D eigenvalue weighted by Crippen LogP contribution is -2.31. The van der Waals surface area contributed by atoms with Gasteiger partial charge in [-0.3, -0.25) is 4.79 Å². The number of carbonyl (C=O) groups excluding carboxylic acids is 1. The van der Waals surface area contributed by atoms with Crippen LogP contribution < -0.4 is 5.32 Å². The van der Waals surface area contributed by atoms with E-state index in [9.17, 15) is 13.2 Å². The summed E-state index contributed by atoms with van der Waals surface area (Å²) in [5.41, 5.74) is 3.61. The largest absolute Gasteiger partial charge is 0.436 e. The number of sulfone groups is 1. The average molecular weight is 529 g/mol. The molecule has 2 fully saturated rings. The molecule has 4 aromatic rings. The number of aromatic nitrogens is 1. The van der Waals surface area contributed by atoms with E-state index >= 15 is 0 Å². The molecule has 7 heteroatoms. The van der Waals surface area contributed by atoms with Crippen LogP contribution in [0.4, 0.5) is 5.69 Å². The van der Waals surface area contributed by atoms with E-state index in [0.29, 0.717) is 28.5 Å². The number of benzene rings is 3. The Balaban J connectivity index is 1.15. The number of nitrogens with one attached hydrogen (secondary N) is 1. The molecule has 1 heterocycles. The predicted molar refractivity (Wildman–Crippen MR) is 149 cm³/mol. The van der Waals surface area contributed by atoms with Gasteiger partial charge in [0.2, 0.25) is 5.89 Å². The van der Waals surface area contributed by atoms with E-state index < -0.39 is 9.84 Å². The SMILES string of the molecule is CC1(C)C[C@H]2C[C@](C)(C[C@@H]2S(=O)(=O)c2ccc(C(=O)Nc3ccc(-c4nc5ccccc5o4)cc3)cc2)C1. The molecular formula is C31H32N2O4S. The lowest BCUT2D eigenvalue weighted by molar-refractivity contribution is 0.102. The van der Waals surface area contributed by atoms with E-state index in [1.165, 1.54) is 0 Å². The van der Waals surface area contributed by atoms with Crippen LogP contribution in [0.2, 0.25) is 0 Å². The first kappa shape index (κ1) is 24.9. The van der Waals surface area contributed by atoms with Gasteiger partial charge < -0.3 is 9.73 Å². The van der Waals surface area contributed by atoms with Crippen molar-refractivity contribution in [2.45, 2.75) is 56.6 Å². The zero-order valence-electron chi connectivity index (χ0n) is 21.9. The van der Waals surface area contributed by atoms with Gasteiger partial charge >= 0.3 is 0 Å². The summed E-state index contributed by atoms with van der Waals surface area (Å²) in [6.07, 6.45) is 3.70. The number of amides is 1. The minimum Gasteiger partial charge on any atom is -0.436 e. The lowest BCUT2D eigenvalue weighted by atomic mass is 9.65. The summed E-state index contributed by atoms with van der Waals surface area (Å²) in [4.78, 5) is 17.7. The summed E-state index contributed by atoms with van der Waals surface area (Å²) < 4.78 is 33.0. The molecule has 6 nitrogen and oxygen atoms in total. The number of nitrogens with zero attached hydrogens (tertiary/aromatic N) is 1. The third-order valence-electron chi connectivity index (χ3n) is 8.22.